The van der Waals surface area contributed by atoms with E-state index in [0.29, 0.717) is 30.9 Å². The Hall–Kier alpha value is -3.19. The maximum Gasteiger partial charge on any atom is 0.295 e. The summed E-state index contributed by atoms with van der Waals surface area (Å²) in [5.41, 5.74) is 1.31. The van der Waals surface area contributed by atoms with Crippen LogP contribution in [0.25, 0.3) is 5.76 Å². The number of hydrogen-bond acceptors (Lipinski definition) is 6. The number of rotatable bonds is 9. The van der Waals surface area contributed by atoms with Gasteiger partial charge in [-0.2, -0.15) is 0 Å². The first-order chi connectivity index (χ1) is 14.9. The standard InChI is InChI=1S/C24H29N3O4/c1-4-16-31-19-8-6-18(7-9-19)22(28)20-21(17-10-12-25-13-11-17)27(24(30)23(20)29)15-5-14-26(2)3/h6-13,21,28H,4-5,14-16H2,1-3H3/b22-20-. The molecule has 7 heteroatoms. The lowest BCUT2D eigenvalue weighted by molar-refractivity contribution is -0.139. The summed E-state index contributed by atoms with van der Waals surface area (Å²) in [5, 5.41) is 11.1. The van der Waals surface area contributed by atoms with E-state index >= 15 is 0 Å². The maximum atomic E-state index is 13.0. The number of aromatic nitrogens is 1. The smallest absolute Gasteiger partial charge is 0.295 e. The SMILES string of the molecule is CCCOc1ccc(/C(O)=C2/C(=O)C(=O)N(CCCN(C)C)C2c2ccncc2)cc1. The Balaban J connectivity index is 1.99. The van der Waals surface area contributed by atoms with Crippen molar-refractivity contribution < 1.29 is 19.4 Å². The molecule has 1 aliphatic heterocycles. The third kappa shape index (κ3) is 5.11. The van der Waals surface area contributed by atoms with E-state index in [2.05, 4.69) is 4.98 Å². The van der Waals surface area contributed by atoms with E-state index in [1.807, 2.05) is 25.9 Å². The Morgan fingerprint density at radius 3 is 2.42 bits per heavy atom. The van der Waals surface area contributed by atoms with E-state index in [-0.39, 0.29) is 11.3 Å². The van der Waals surface area contributed by atoms with E-state index in [1.165, 1.54) is 0 Å². The first-order valence-electron chi connectivity index (χ1n) is 10.5. The molecule has 1 aromatic heterocycles. The maximum absolute atomic E-state index is 13.0. The summed E-state index contributed by atoms with van der Waals surface area (Å²) < 4.78 is 5.59. The third-order valence-corrected chi connectivity index (χ3v) is 5.17. The van der Waals surface area contributed by atoms with Gasteiger partial charge < -0.3 is 19.6 Å². The highest BCUT2D eigenvalue weighted by molar-refractivity contribution is 6.46. The minimum Gasteiger partial charge on any atom is -0.507 e. The quantitative estimate of drug-likeness (QED) is 0.379. The van der Waals surface area contributed by atoms with Crippen LogP contribution in [0.1, 0.15) is 36.9 Å². The Bertz CT molecular complexity index is 939. The van der Waals surface area contributed by atoms with Gasteiger partial charge in [0.15, 0.2) is 0 Å². The van der Waals surface area contributed by atoms with Crippen LogP contribution in [0.3, 0.4) is 0 Å². The predicted molar refractivity (Wildman–Crippen MR) is 119 cm³/mol. The summed E-state index contributed by atoms with van der Waals surface area (Å²) in [6, 6.07) is 9.78. The number of amides is 1. The number of pyridine rings is 1. The highest BCUT2D eigenvalue weighted by Gasteiger charge is 2.45. The number of carbonyl (C=O) groups excluding carboxylic acids is 2. The lowest BCUT2D eigenvalue weighted by Crippen LogP contribution is -2.32. The molecule has 2 aromatic rings. The number of Topliss-reactive ketones (excluding diaryl/α,β-unsaturated/α-hetero) is 1. The largest absolute Gasteiger partial charge is 0.507 e. The minimum absolute atomic E-state index is 0.100. The Morgan fingerprint density at radius 1 is 1.13 bits per heavy atom. The zero-order valence-corrected chi connectivity index (χ0v) is 18.2. The van der Waals surface area contributed by atoms with Crippen molar-refractivity contribution in [3.63, 3.8) is 0 Å². The van der Waals surface area contributed by atoms with Crippen molar-refractivity contribution in [3.05, 3.63) is 65.5 Å². The van der Waals surface area contributed by atoms with Crippen molar-refractivity contribution in [1.29, 1.82) is 0 Å². The molecule has 0 saturated carbocycles. The van der Waals surface area contributed by atoms with Crippen LogP contribution in [-0.2, 0) is 9.59 Å². The average Bonchev–Trinajstić information content (AvgIpc) is 3.03. The summed E-state index contributed by atoms with van der Waals surface area (Å²) in [6.07, 6.45) is 4.85. The van der Waals surface area contributed by atoms with Gasteiger partial charge in [0.1, 0.15) is 11.5 Å². The van der Waals surface area contributed by atoms with Crippen molar-refractivity contribution in [3.8, 4) is 5.75 Å². The highest BCUT2D eigenvalue weighted by atomic mass is 16.5. The van der Waals surface area contributed by atoms with Gasteiger partial charge in [-0.1, -0.05) is 6.92 Å². The molecular formula is C24H29N3O4. The molecule has 0 bridgehead atoms. The van der Waals surface area contributed by atoms with E-state index in [1.54, 1.807) is 53.7 Å². The molecule has 3 rings (SSSR count). The molecule has 164 valence electrons. The summed E-state index contributed by atoms with van der Waals surface area (Å²) in [6.45, 7) is 3.82. The number of benzene rings is 1. The lowest BCUT2D eigenvalue weighted by Gasteiger charge is -2.25. The number of nitrogens with zero attached hydrogens (tertiary/aromatic N) is 3. The van der Waals surface area contributed by atoms with Crippen molar-refractivity contribution in [1.82, 2.24) is 14.8 Å². The molecule has 1 atom stereocenters. The third-order valence-electron chi connectivity index (χ3n) is 5.17. The molecule has 1 aliphatic rings. The second-order valence-corrected chi connectivity index (χ2v) is 7.80. The van der Waals surface area contributed by atoms with E-state index in [9.17, 15) is 14.7 Å². The summed E-state index contributed by atoms with van der Waals surface area (Å²) in [7, 11) is 3.92. The summed E-state index contributed by atoms with van der Waals surface area (Å²) in [4.78, 5) is 33.4. The number of aliphatic hydroxyl groups excluding tert-OH is 1. The molecule has 1 amide bonds. The first kappa shape index (κ1) is 22.5. The molecule has 1 unspecified atom stereocenters. The van der Waals surface area contributed by atoms with Crippen LogP contribution < -0.4 is 4.74 Å². The summed E-state index contributed by atoms with van der Waals surface area (Å²) in [5.74, 6) is -0.758. The molecule has 2 heterocycles. The number of aliphatic hydroxyl groups is 1. The first-order valence-corrected chi connectivity index (χ1v) is 10.5. The van der Waals surface area contributed by atoms with Gasteiger partial charge in [-0.15, -0.1) is 0 Å². The zero-order valence-electron chi connectivity index (χ0n) is 18.2. The average molecular weight is 424 g/mol. The number of likely N-dealkylation sites (tertiary alicyclic amines) is 1. The van der Waals surface area contributed by atoms with Gasteiger partial charge in [-0.05, 0) is 75.4 Å². The van der Waals surface area contributed by atoms with Gasteiger partial charge in [-0.3, -0.25) is 14.6 Å². The van der Waals surface area contributed by atoms with Gasteiger partial charge >= 0.3 is 0 Å². The number of hydrogen-bond donors (Lipinski definition) is 1. The van der Waals surface area contributed by atoms with Crippen LogP contribution in [0.2, 0.25) is 0 Å². The van der Waals surface area contributed by atoms with Crippen LogP contribution in [-0.4, -0.2) is 65.4 Å². The van der Waals surface area contributed by atoms with Crippen LogP contribution in [0.5, 0.6) is 5.75 Å². The van der Waals surface area contributed by atoms with Gasteiger partial charge in [0.2, 0.25) is 0 Å². The van der Waals surface area contributed by atoms with E-state index in [4.69, 9.17) is 4.74 Å². The van der Waals surface area contributed by atoms with Crippen molar-refractivity contribution in [2.24, 2.45) is 0 Å². The van der Waals surface area contributed by atoms with Gasteiger partial charge in [-0.25, -0.2) is 0 Å². The zero-order chi connectivity index (χ0) is 22.4. The molecule has 1 N–H and O–H groups in total. The second kappa shape index (κ2) is 10.2. The molecule has 0 radical (unpaired) electrons. The fraction of sp³-hybridized carbons (Fsp3) is 0.375. The van der Waals surface area contributed by atoms with Gasteiger partial charge in [0, 0.05) is 24.5 Å². The molecule has 1 fully saturated rings. The molecule has 7 nitrogen and oxygen atoms in total. The van der Waals surface area contributed by atoms with Gasteiger partial charge in [0.25, 0.3) is 11.7 Å². The van der Waals surface area contributed by atoms with Crippen molar-refractivity contribution in [2.75, 3.05) is 33.8 Å². The fourth-order valence-electron chi connectivity index (χ4n) is 3.64. The monoisotopic (exact) mass is 423 g/mol. The number of carbonyl (C=O) groups is 2. The Kier molecular flexibility index (Phi) is 7.41. The summed E-state index contributed by atoms with van der Waals surface area (Å²) >= 11 is 0. The molecule has 1 aromatic carbocycles. The lowest BCUT2D eigenvalue weighted by atomic mass is 9.96. The fourth-order valence-corrected chi connectivity index (χ4v) is 3.64. The molecular weight excluding hydrogens is 394 g/mol. The van der Waals surface area contributed by atoms with E-state index < -0.39 is 17.7 Å². The van der Waals surface area contributed by atoms with Crippen molar-refractivity contribution >= 4 is 17.4 Å². The molecule has 1 saturated heterocycles. The normalized spacial score (nSPS) is 18.1. The number of ketones is 1. The molecule has 31 heavy (non-hydrogen) atoms. The highest BCUT2D eigenvalue weighted by Crippen LogP contribution is 2.39. The molecule has 0 aliphatic carbocycles. The van der Waals surface area contributed by atoms with Crippen LogP contribution in [0.15, 0.2) is 54.4 Å². The van der Waals surface area contributed by atoms with Crippen LogP contribution in [0, 0.1) is 0 Å². The van der Waals surface area contributed by atoms with Crippen LogP contribution in [0.4, 0.5) is 0 Å². The predicted octanol–water partition coefficient (Wildman–Crippen LogP) is 3.24. The Morgan fingerprint density at radius 2 is 1.81 bits per heavy atom. The minimum atomic E-state index is -0.671. The van der Waals surface area contributed by atoms with Gasteiger partial charge in [0.05, 0.1) is 18.2 Å². The Labute approximate surface area is 183 Å². The van der Waals surface area contributed by atoms with Crippen LogP contribution >= 0.6 is 0 Å². The van der Waals surface area contributed by atoms with E-state index in [0.717, 1.165) is 18.5 Å². The second-order valence-electron chi connectivity index (χ2n) is 7.80. The number of ether oxygens (including phenoxy) is 1. The topological polar surface area (TPSA) is 83.0 Å². The van der Waals surface area contributed by atoms with Crippen molar-refractivity contribution in [2.45, 2.75) is 25.8 Å². The molecule has 0 spiro atoms.